The number of aryl methyl sites for hydroxylation is 2. The summed E-state index contributed by atoms with van der Waals surface area (Å²) in [6, 6.07) is 8.56. The van der Waals surface area contributed by atoms with Crippen molar-refractivity contribution in [3.05, 3.63) is 47.4 Å². The third-order valence-corrected chi connectivity index (χ3v) is 5.27. The van der Waals surface area contributed by atoms with Gasteiger partial charge in [0, 0.05) is 18.3 Å². The van der Waals surface area contributed by atoms with Gasteiger partial charge in [0.15, 0.2) is 0 Å². The molecule has 0 aromatic carbocycles. The number of nitrogens with one attached hydrogen (secondary N) is 1. The fourth-order valence-electron chi connectivity index (χ4n) is 3.29. The first-order valence-electron chi connectivity index (χ1n) is 10.6. The molecule has 0 saturated heterocycles. The number of aromatic nitrogens is 3. The fraction of sp³-hybridized carbons (Fsp3) is 0.360. The van der Waals surface area contributed by atoms with Crippen LogP contribution in [0.5, 0.6) is 0 Å². The maximum Gasteiger partial charge on any atom is 0.410 e. The van der Waals surface area contributed by atoms with Crippen LogP contribution in [0, 0.1) is 26.2 Å². The Labute approximate surface area is 194 Å². The maximum absolute atomic E-state index is 12.9. The molecule has 3 heterocycles. The van der Waals surface area contributed by atoms with E-state index in [2.05, 4.69) is 21.2 Å². The molecule has 0 saturated carbocycles. The first kappa shape index (κ1) is 23.8. The average molecular weight is 448 g/mol. The summed E-state index contributed by atoms with van der Waals surface area (Å²) in [7, 11) is 1.51. The van der Waals surface area contributed by atoms with Crippen molar-refractivity contribution in [3.63, 3.8) is 0 Å². The lowest BCUT2D eigenvalue weighted by Crippen LogP contribution is -2.45. The molecular weight excluding hydrogens is 418 g/mol. The molecule has 2 amide bonds. The quantitative estimate of drug-likeness (QED) is 0.606. The summed E-state index contributed by atoms with van der Waals surface area (Å²) in [5.41, 5.74) is 4.14. The predicted octanol–water partition coefficient (Wildman–Crippen LogP) is 4.19. The van der Waals surface area contributed by atoms with Gasteiger partial charge in [-0.2, -0.15) is 0 Å². The van der Waals surface area contributed by atoms with Gasteiger partial charge in [-0.05, 0) is 65.8 Å². The highest BCUT2D eigenvalue weighted by atomic mass is 16.6. The van der Waals surface area contributed by atoms with Crippen LogP contribution in [0.3, 0.4) is 0 Å². The predicted molar refractivity (Wildman–Crippen MR) is 128 cm³/mol. The van der Waals surface area contributed by atoms with Crippen molar-refractivity contribution < 1.29 is 14.3 Å². The molecule has 1 atom stereocenters. The number of rotatable bonds is 4. The molecule has 0 aliphatic heterocycles. The Morgan fingerprint density at radius 3 is 2.55 bits per heavy atom. The van der Waals surface area contributed by atoms with Gasteiger partial charge in [0.1, 0.15) is 28.8 Å². The number of carbonyl (C=O) groups excluding carboxylic acids is 2. The van der Waals surface area contributed by atoms with Gasteiger partial charge in [-0.1, -0.05) is 12.0 Å². The van der Waals surface area contributed by atoms with Crippen molar-refractivity contribution in [2.75, 3.05) is 12.4 Å². The minimum absolute atomic E-state index is 0.293. The van der Waals surface area contributed by atoms with E-state index in [0.717, 1.165) is 28.3 Å². The number of ether oxygens (including phenoxy) is 1. The second-order valence-corrected chi connectivity index (χ2v) is 8.91. The summed E-state index contributed by atoms with van der Waals surface area (Å²) in [6.45, 7) is 10.9. The molecule has 8 heteroatoms. The monoisotopic (exact) mass is 447 g/mol. The van der Waals surface area contributed by atoms with E-state index in [4.69, 9.17) is 11.2 Å². The Morgan fingerprint density at radius 2 is 1.91 bits per heavy atom. The fourth-order valence-corrected chi connectivity index (χ4v) is 3.29. The summed E-state index contributed by atoms with van der Waals surface area (Å²) in [5, 5.41) is 2.77. The Balaban J connectivity index is 1.92. The first-order chi connectivity index (χ1) is 15.4. The van der Waals surface area contributed by atoms with Crippen molar-refractivity contribution in [2.24, 2.45) is 0 Å². The van der Waals surface area contributed by atoms with Gasteiger partial charge >= 0.3 is 6.09 Å². The zero-order valence-electron chi connectivity index (χ0n) is 20.1. The summed E-state index contributed by atoms with van der Waals surface area (Å²) >= 11 is 0. The molecule has 1 unspecified atom stereocenters. The number of likely N-dealkylation sites (N-methyl/N-ethyl adjacent to an activating group) is 1. The molecule has 3 rings (SSSR count). The standard InChI is InChI=1S/C25H29N5O3/c1-9-19-13-18(20-11-10-12-22-26-15(2)16(3)30(20)22)14-21(27-19)28-23(31)17(4)29(8)24(32)33-25(5,6)7/h1,10-14,17H,2-8H3,(H,27,28,31). The molecule has 0 aliphatic rings. The van der Waals surface area contributed by atoms with Crippen LogP contribution in [0.1, 0.15) is 44.8 Å². The van der Waals surface area contributed by atoms with Gasteiger partial charge in [0.25, 0.3) is 0 Å². The molecule has 3 aromatic rings. The summed E-state index contributed by atoms with van der Waals surface area (Å²) < 4.78 is 7.38. The number of terminal acetylenes is 1. The van der Waals surface area contributed by atoms with Crippen molar-refractivity contribution in [3.8, 4) is 23.6 Å². The molecular formula is C25H29N5O3. The zero-order chi connectivity index (χ0) is 24.5. The van der Waals surface area contributed by atoms with E-state index < -0.39 is 23.6 Å². The number of fused-ring (bicyclic) bond motifs is 1. The summed E-state index contributed by atoms with van der Waals surface area (Å²) in [5.74, 6) is 2.42. The maximum atomic E-state index is 12.9. The van der Waals surface area contributed by atoms with E-state index in [1.807, 2.05) is 36.4 Å². The second-order valence-electron chi connectivity index (χ2n) is 8.91. The summed E-state index contributed by atoms with van der Waals surface area (Å²) in [6.07, 6.45) is 5.05. The lowest BCUT2D eigenvalue weighted by atomic mass is 10.1. The van der Waals surface area contributed by atoms with E-state index in [1.54, 1.807) is 39.8 Å². The van der Waals surface area contributed by atoms with Crippen molar-refractivity contribution in [1.82, 2.24) is 19.3 Å². The normalized spacial score (nSPS) is 12.2. The van der Waals surface area contributed by atoms with Gasteiger partial charge < -0.3 is 10.1 Å². The molecule has 0 radical (unpaired) electrons. The third kappa shape index (κ3) is 5.14. The van der Waals surface area contributed by atoms with Crippen LogP contribution in [0.4, 0.5) is 10.6 Å². The minimum atomic E-state index is -0.790. The highest BCUT2D eigenvalue weighted by Gasteiger charge is 2.27. The molecule has 1 N–H and O–H groups in total. The molecule has 172 valence electrons. The first-order valence-corrected chi connectivity index (χ1v) is 10.6. The number of imidazole rings is 1. The summed E-state index contributed by atoms with van der Waals surface area (Å²) in [4.78, 5) is 35.4. The van der Waals surface area contributed by atoms with Crippen LogP contribution in [0.15, 0.2) is 30.3 Å². The number of carbonyl (C=O) groups is 2. The van der Waals surface area contributed by atoms with Gasteiger partial charge in [-0.25, -0.2) is 14.8 Å². The number of anilines is 1. The van der Waals surface area contributed by atoms with Crippen LogP contribution in [-0.2, 0) is 9.53 Å². The van der Waals surface area contributed by atoms with Crippen LogP contribution in [0.2, 0.25) is 0 Å². The van der Waals surface area contributed by atoms with E-state index in [0.29, 0.717) is 11.5 Å². The highest BCUT2D eigenvalue weighted by Crippen LogP contribution is 2.26. The van der Waals surface area contributed by atoms with Gasteiger partial charge in [-0.3, -0.25) is 14.1 Å². The molecule has 0 fully saturated rings. The van der Waals surface area contributed by atoms with E-state index in [1.165, 1.54) is 11.9 Å². The lowest BCUT2D eigenvalue weighted by molar-refractivity contribution is -0.120. The third-order valence-electron chi connectivity index (χ3n) is 5.27. The van der Waals surface area contributed by atoms with Crippen LogP contribution >= 0.6 is 0 Å². The van der Waals surface area contributed by atoms with Crippen molar-refractivity contribution >= 4 is 23.5 Å². The van der Waals surface area contributed by atoms with Crippen LogP contribution < -0.4 is 5.32 Å². The van der Waals surface area contributed by atoms with E-state index in [-0.39, 0.29) is 0 Å². The molecule has 3 aromatic heterocycles. The van der Waals surface area contributed by atoms with E-state index >= 15 is 0 Å². The SMILES string of the molecule is C#Cc1cc(-c2cccc3nc(C)c(C)n23)cc(NC(=O)C(C)N(C)C(=O)OC(C)(C)C)n1. The van der Waals surface area contributed by atoms with Crippen LogP contribution in [-0.4, -0.2) is 50.0 Å². The molecule has 8 nitrogen and oxygen atoms in total. The van der Waals surface area contributed by atoms with Gasteiger partial charge in [-0.15, -0.1) is 6.42 Å². The zero-order valence-corrected chi connectivity index (χ0v) is 20.1. The molecule has 0 bridgehead atoms. The number of nitrogens with zero attached hydrogens (tertiary/aromatic N) is 4. The Kier molecular flexibility index (Phi) is 6.45. The Morgan fingerprint density at radius 1 is 1.21 bits per heavy atom. The largest absolute Gasteiger partial charge is 0.444 e. The van der Waals surface area contributed by atoms with Crippen molar-refractivity contribution in [2.45, 2.75) is 53.2 Å². The Hall–Kier alpha value is -3.86. The minimum Gasteiger partial charge on any atom is -0.444 e. The smallest absolute Gasteiger partial charge is 0.410 e. The average Bonchev–Trinajstić information content (AvgIpc) is 3.04. The van der Waals surface area contributed by atoms with Crippen LogP contribution in [0.25, 0.3) is 16.9 Å². The highest BCUT2D eigenvalue weighted by molar-refractivity contribution is 5.96. The number of amides is 2. The number of pyridine rings is 2. The van der Waals surface area contributed by atoms with Crippen molar-refractivity contribution in [1.29, 1.82) is 0 Å². The van der Waals surface area contributed by atoms with Gasteiger partial charge in [0.2, 0.25) is 5.91 Å². The Bertz CT molecular complexity index is 1260. The second kappa shape index (κ2) is 8.94. The van der Waals surface area contributed by atoms with Gasteiger partial charge in [0.05, 0.1) is 11.4 Å². The number of hydrogen-bond acceptors (Lipinski definition) is 5. The van der Waals surface area contributed by atoms with E-state index in [9.17, 15) is 9.59 Å². The molecule has 0 aliphatic carbocycles. The molecule has 0 spiro atoms. The lowest BCUT2D eigenvalue weighted by Gasteiger charge is -2.28. The number of hydrogen-bond donors (Lipinski definition) is 1. The topological polar surface area (TPSA) is 88.8 Å². The molecule has 33 heavy (non-hydrogen) atoms.